The largest absolute Gasteiger partial charge is 0.492 e. The standard InChI is InChI=1S/C16H25N3O5S/c1-3-24-14-5-4-13(16(20)17-2)12-15(14)25(21,22)18-6-7-19-8-10-23-11-9-19/h4-5,12,18H,3,6-11H2,1-2H3,(H,17,20). The van der Waals surface area contributed by atoms with Crippen LogP contribution in [0.4, 0.5) is 0 Å². The monoisotopic (exact) mass is 371 g/mol. The second kappa shape index (κ2) is 9.14. The first-order valence-corrected chi connectivity index (χ1v) is 9.75. The van der Waals surface area contributed by atoms with Gasteiger partial charge < -0.3 is 14.8 Å². The molecule has 0 radical (unpaired) electrons. The summed E-state index contributed by atoms with van der Waals surface area (Å²) >= 11 is 0. The van der Waals surface area contributed by atoms with Crippen LogP contribution in [0.5, 0.6) is 5.75 Å². The third-order valence-corrected chi connectivity index (χ3v) is 5.33. The first-order valence-electron chi connectivity index (χ1n) is 8.26. The molecule has 1 aromatic carbocycles. The van der Waals surface area contributed by atoms with Crippen molar-refractivity contribution >= 4 is 15.9 Å². The molecule has 140 valence electrons. The number of nitrogens with one attached hydrogen (secondary N) is 2. The first kappa shape index (κ1) is 19.6. The smallest absolute Gasteiger partial charge is 0.251 e. The molecule has 0 unspecified atom stereocenters. The molecule has 1 aliphatic heterocycles. The molecule has 0 bridgehead atoms. The maximum Gasteiger partial charge on any atom is 0.251 e. The molecule has 0 spiro atoms. The zero-order valence-corrected chi connectivity index (χ0v) is 15.4. The van der Waals surface area contributed by atoms with Crippen LogP contribution in [0.1, 0.15) is 17.3 Å². The highest BCUT2D eigenvalue weighted by Crippen LogP contribution is 2.25. The summed E-state index contributed by atoms with van der Waals surface area (Å²) in [6, 6.07) is 4.38. The summed E-state index contributed by atoms with van der Waals surface area (Å²) in [6.45, 7) is 5.88. The molecule has 1 amide bonds. The van der Waals surface area contributed by atoms with Crippen molar-refractivity contribution in [2.24, 2.45) is 0 Å². The molecule has 25 heavy (non-hydrogen) atoms. The summed E-state index contributed by atoms with van der Waals surface area (Å²) in [5, 5.41) is 2.48. The van der Waals surface area contributed by atoms with E-state index in [-0.39, 0.29) is 28.7 Å². The lowest BCUT2D eigenvalue weighted by atomic mass is 10.2. The van der Waals surface area contributed by atoms with Gasteiger partial charge in [-0.05, 0) is 25.1 Å². The fourth-order valence-electron chi connectivity index (χ4n) is 2.52. The zero-order chi connectivity index (χ0) is 18.3. The molecule has 0 aliphatic carbocycles. The minimum Gasteiger partial charge on any atom is -0.492 e. The minimum atomic E-state index is -3.79. The Morgan fingerprint density at radius 1 is 1.32 bits per heavy atom. The molecule has 2 rings (SSSR count). The van der Waals surface area contributed by atoms with Crippen molar-refractivity contribution in [1.82, 2.24) is 14.9 Å². The van der Waals surface area contributed by atoms with E-state index in [1.54, 1.807) is 6.92 Å². The molecule has 8 nitrogen and oxygen atoms in total. The van der Waals surface area contributed by atoms with Gasteiger partial charge in [-0.25, -0.2) is 13.1 Å². The van der Waals surface area contributed by atoms with Gasteiger partial charge in [0.15, 0.2) is 0 Å². The number of ether oxygens (including phenoxy) is 2. The van der Waals surface area contributed by atoms with E-state index in [1.807, 2.05) is 0 Å². The summed E-state index contributed by atoms with van der Waals surface area (Å²) in [5.74, 6) is -0.123. The Kier molecular flexibility index (Phi) is 7.18. The van der Waals surface area contributed by atoms with Crippen molar-refractivity contribution in [2.45, 2.75) is 11.8 Å². The molecule has 0 atom stereocenters. The van der Waals surface area contributed by atoms with Gasteiger partial charge in [0.1, 0.15) is 10.6 Å². The molecule has 0 saturated carbocycles. The fourth-order valence-corrected chi connectivity index (χ4v) is 3.71. The van der Waals surface area contributed by atoms with Crippen molar-refractivity contribution < 1.29 is 22.7 Å². The van der Waals surface area contributed by atoms with Crippen molar-refractivity contribution in [2.75, 3.05) is 53.0 Å². The number of hydrogen-bond acceptors (Lipinski definition) is 6. The van der Waals surface area contributed by atoms with Gasteiger partial charge >= 0.3 is 0 Å². The Morgan fingerprint density at radius 3 is 2.68 bits per heavy atom. The third kappa shape index (κ3) is 5.40. The van der Waals surface area contributed by atoms with E-state index in [0.29, 0.717) is 26.4 Å². The molecule has 9 heteroatoms. The van der Waals surface area contributed by atoms with Gasteiger partial charge in [-0.2, -0.15) is 0 Å². The number of amides is 1. The Morgan fingerprint density at radius 2 is 2.04 bits per heavy atom. The van der Waals surface area contributed by atoms with Crippen LogP contribution in [0.15, 0.2) is 23.1 Å². The van der Waals surface area contributed by atoms with Crippen LogP contribution in [0.2, 0.25) is 0 Å². The summed E-state index contributed by atoms with van der Waals surface area (Å²) in [5.41, 5.74) is 0.263. The van der Waals surface area contributed by atoms with E-state index >= 15 is 0 Å². The van der Waals surface area contributed by atoms with Gasteiger partial charge in [-0.15, -0.1) is 0 Å². The predicted octanol–water partition coefficient (Wildman–Crippen LogP) is 0.0554. The van der Waals surface area contributed by atoms with Gasteiger partial charge in [-0.1, -0.05) is 0 Å². The number of benzene rings is 1. The number of nitrogens with zero attached hydrogens (tertiary/aromatic N) is 1. The highest BCUT2D eigenvalue weighted by molar-refractivity contribution is 7.89. The van der Waals surface area contributed by atoms with Crippen LogP contribution in [0.25, 0.3) is 0 Å². The second-order valence-electron chi connectivity index (χ2n) is 5.53. The predicted molar refractivity (Wildman–Crippen MR) is 93.4 cm³/mol. The average Bonchev–Trinajstić information content (AvgIpc) is 2.62. The number of hydrogen-bond donors (Lipinski definition) is 2. The van der Waals surface area contributed by atoms with Crippen molar-refractivity contribution in [3.8, 4) is 5.75 Å². The first-order chi connectivity index (χ1) is 12.0. The summed E-state index contributed by atoms with van der Waals surface area (Å²) in [7, 11) is -2.30. The Hall–Kier alpha value is -1.68. The molecule has 1 saturated heterocycles. The third-order valence-electron chi connectivity index (χ3n) is 3.85. The zero-order valence-electron chi connectivity index (χ0n) is 14.6. The maximum absolute atomic E-state index is 12.7. The van der Waals surface area contributed by atoms with Crippen LogP contribution in [-0.4, -0.2) is 72.3 Å². The van der Waals surface area contributed by atoms with E-state index < -0.39 is 10.0 Å². The quantitative estimate of drug-likeness (QED) is 0.671. The SMILES string of the molecule is CCOc1ccc(C(=O)NC)cc1S(=O)(=O)NCCN1CCOCC1. The van der Waals surface area contributed by atoms with Gasteiger partial charge in [0.25, 0.3) is 5.91 Å². The average molecular weight is 371 g/mol. The van der Waals surface area contributed by atoms with Crippen LogP contribution in [-0.2, 0) is 14.8 Å². The molecule has 2 N–H and O–H groups in total. The normalized spacial score (nSPS) is 15.8. The van der Waals surface area contributed by atoms with Crippen molar-refractivity contribution in [3.63, 3.8) is 0 Å². The van der Waals surface area contributed by atoms with E-state index in [0.717, 1.165) is 13.1 Å². The Balaban J connectivity index is 2.13. The van der Waals surface area contributed by atoms with Gasteiger partial charge in [0.2, 0.25) is 10.0 Å². The van der Waals surface area contributed by atoms with Crippen molar-refractivity contribution in [3.05, 3.63) is 23.8 Å². The summed E-state index contributed by atoms with van der Waals surface area (Å²) in [6.07, 6.45) is 0. The molecule has 1 aliphatic rings. The minimum absolute atomic E-state index is 0.0302. The molecule has 1 fully saturated rings. The van der Waals surface area contributed by atoms with E-state index in [9.17, 15) is 13.2 Å². The van der Waals surface area contributed by atoms with Gasteiger partial charge in [-0.3, -0.25) is 9.69 Å². The molecular weight excluding hydrogens is 346 g/mol. The summed E-state index contributed by atoms with van der Waals surface area (Å²) in [4.78, 5) is 13.9. The highest BCUT2D eigenvalue weighted by atomic mass is 32.2. The van der Waals surface area contributed by atoms with Crippen LogP contribution < -0.4 is 14.8 Å². The van der Waals surface area contributed by atoms with Crippen molar-refractivity contribution in [1.29, 1.82) is 0 Å². The van der Waals surface area contributed by atoms with Crippen LogP contribution >= 0.6 is 0 Å². The lowest BCUT2D eigenvalue weighted by molar-refractivity contribution is 0.0390. The number of carbonyl (C=O) groups excluding carboxylic acids is 1. The lowest BCUT2D eigenvalue weighted by Gasteiger charge is -2.26. The van der Waals surface area contributed by atoms with Crippen LogP contribution in [0.3, 0.4) is 0 Å². The second-order valence-corrected chi connectivity index (χ2v) is 7.26. The lowest BCUT2D eigenvalue weighted by Crippen LogP contribution is -2.41. The number of sulfonamides is 1. The number of rotatable bonds is 8. The number of carbonyl (C=O) groups is 1. The molecule has 1 aromatic rings. The summed E-state index contributed by atoms with van der Waals surface area (Å²) < 4.78 is 38.6. The van der Waals surface area contributed by atoms with Gasteiger partial charge in [0.05, 0.1) is 19.8 Å². The molecule has 0 aromatic heterocycles. The fraction of sp³-hybridized carbons (Fsp3) is 0.562. The topological polar surface area (TPSA) is 97.0 Å². The Labute approximate surface area is 148 Å². The maximum atomic E-state index is 12.7. The van der Waals surface area contributed by atoms with Crippen LogP contribution in [0, 0.1) is 0 Å². The molecular formula is C16H25N3O5S. The Bertz CT molecular complexity index is 687. The van der Waals surface area contributed by atoms with Gasteiger partial charge in [0, 0.05) is 38.8 Å². The van der Waals surface area contributed by atoms with E-state index in [2.05, 4.69) is 14.9 Å². The molecule has 1 heterocycles. The number of morpholine rings is 1. The highest BCUT2D eigenvalue weighted by Gasteiger charge is 2.22. The van der Waals surface area contributed by atoms with E-state index in [1.165, 1.54) is 25.2 Å². The van der Waals surface area contributed by atoms with E-state index in [4.69, 9.17) is 9.47 Å².